The molecule has 1 saturated carbocycles. The number of hydrogen-bond acceptors (Lipinski definition) is 2. The van der Waals surface area contributed by atoms with Gasteiger partial charge >= 0.3 is 6.03 Å². The molecule has 4 heteroatoms. The molecule has 4 nitrogen and oxygen atoms in total. The van der Waals surface area contributed by atoms with Crippen LogP contribution in [0.3, 0.4) is 0 Å². The number of nitrogens with two attached hydrogens (primary N) is 1. The number of urea groups is 1. The van der Waals surface area contributed by atoms with E-state index in [2.05, 4.69) is 38.1 Å². The summed E-state index contributed by atoms with van der Waals surface area (Å²) in [5, 5.41) is 9.91. The first-order valence-corrected chi connectivity index (χ1v) is 6.82. The van der Waals surface area contributed by atoms with Gasteiger partial charge in [0.2, 0.25) is 0 Å². The number of amides is 2. The highest BCUT2D eigenvalue weighted by Gasteiger charge is 2.39. The normalized spacial score (nSPS) is 21.5. The number of nitrogens with zero attached hydrogens (tertiary/aromatic N) is 1. The first-order chi connectivity index (χ1) is 8.97. The van der Waals surface area contributed by atoms with Gasteiger partial charge in [-0.25, -0.2) is 9.86 Å². The van der Waals surface area contributed by atoms with Crippen molar-refractivity contribution in [3.05, 3.63) is 35.4 Å². The number of rotatable bonds is 5. The van der Waals surface area contributed by atoms with Gasteiger partial charge in [-0.2, -0.15) is 0 Å². The van der Waals surface area contributed by atoms with Crippen LogP contribution in [-0.4, -0.2) is 22.8 Å². The van der Waals surface area contributed by atoms with E-state index in [4.69, 9.17) is 5.73 Å². The number of carbonyl (C=O) groups excluding carboxylic acids is 1. The average molecular weight is 262 g/mol. The van der Waals surface area contributed by atoms with Gasteiger partial charge in [-0.15, -0.1) is 0 Å². The summed E-state index contributed by atoms with van der Waals surface area (Å²) in [7, 11) is 0. The molecule has 1 aliphatic rings. The third-order valence-electron chi connectivity index (χ3n) is 3.64. The first kappa shape index (κ1) is 13.9. The highest BCUT2D eigenvalue weighted by molar-refractivity contribution is 5.70. The topological polar surface area (TPSA) is 66.6 Å². The second-order valence-electron chi connectivity index (χ2n) is 5.86. The smallest absolute Gasteiger partial charge is 0.338 e. The van der Waals surface area contributed by atoms with Crippen molar-refractivity contribution in [3.63, 3.8) is 0 Å². The molecule has 1 aromatic rings. The zero-order chi connectivity index (χ0) is 14.0. The molecule has 0 heterocycles. The maximum Gasteiger partial charge on any atom is 0.338 e. The Bertz CT molecular complexity index is 442. The molecule has 0 aliphatic heterocycles. The van der Waals surface area contributed by atoms with E-state index in [1.54, 1.807) is 0 Å². The molecule has 3 N–H and O–H groups in total. The van der Waals surface area contributed by atoms with E-state index >= 15 is 0 Å². The van der Waals surface area contributed by atoms with E-state index in [-0.39, 0.29) is 0 Å². The molecule has 1 fully saturated rings. The molecule has 2 rings (SSSR count). The van der Waals surface area contributed by atoms with Crippen LogP contribution in [0.5, 0.6) is 0 Å². The summed E-state index contributed by atoms with van der Waals surface area (Å²) in [4.78, 5) is 10.8. The van der Waals surface area contributed by atoms with Gasteiger partial charge in [-0.05, 0) is 41.7 Å². The molecule has 2 unspecified atom stereocenters. The van der Waals surface area contributed by atoms with Gasteiger partial charge in [0, 0.05) is 0 Å². The lowest BCUT2D eigenvalue weighted by atomic mass is 10.00. The Morgan fingerprint density at radius 2 is 2.05 bits per heavy atom. The maximum atomic E-state index is 10.8. The number of carbonyl (C=O) groups is 1. The molecule has 2 amide bonds. The van der Waals surface area contributed by atoms with Crippen molar-refractivity contribution in [2.45, 2.75) is 32.6 Å². The molecule has 0 saturated heterocycles. The minimum atomic E-state index is -0.780. The molecule has 104 valence electrons. The van der Waals surface area contributed by atoms with E-state index in [0.717, 1.165) is 12.8 Å². The molecule has 1 aliphatic carbocycles. The second-order valence-corrected chi connectivity index (χ2v) is 5.86. The Balaban J connectivity index is 1.89. The largest absolute Gasteiger partial charge is 0.350 e. The summed E-state index contributed by atoms with van der Waals surface area (Å²) < 4.78 is 0. The van der Waals surface area contributed by atoms with Gasteiger partial charge in [-0.1, -0.05) is 38.1 Å². The third-order valence-corrected chi connectivity index (χ3v) is 3.64. The van der Waals surface area contributed by atoms with Crippen LogP contribution in [-0.2, 0) is 6.42 Å². The fourth-order valence-corrected chi connectivity index (χ4v) is 2.54. The summed E-state index contributed by atoms with van der Waals surface area (Å²) in [5.41, 5.74) is 7.64. The summed E-state index contributed by atoms with van der Waals surface area (Å²) in [6.07, 6.45) is 2.11. The molecule has 19 heavy (non-hydrogen) atoms. The summed E-state index contributed by atoms with van der Waals surface area (Å²) in [6.45, 7) is 4.75. The van der Waals surface area contributed by atoms with E-state index in [1.807, 2.05) is 0 Å². The van der Waals surface area contributed by atoms with Crippen LogP contribution >= 0.6 is 0 Å². The highest BCUT2D eigenvalue weighted by atomic mass is 16.5. The number of primary amides is 1. The van der Waals surface area contributed by atoms with Crippen molar-refractivity contribution in [1.29, 1.82) is 0 Å². The van der Waals surface area contributed by atoms with Gasteiger partial charge in [-0.3, -0.25) is 5.21 Å². The molecule has 0 spiro atoms. The fraction of sp³-hybridized carbons (Fsp3) is 0.533. The minimum Gasteiger partial charge on any atom is -0.350 e. The number of hydroxylamine groups is 2. The minimum absolute atomic E-state index is 0.327. The van der Waals surface area contributed by atoms with Gasteiger partial charge in [0.15, 0.2) is 0 Å². The van der Waals surface area contributed by atoms with E-state index in [9.17, 15) is 10.0 Å². The van der Waals surface area contributed by atoms with Crippen LogP contribution in [0.4, 0.5) is 4.79 Å². The lowest BCUT2D eigenvalue weighted by Gasteiger charge is -2.11. The van der Waals surface area contributed by atoms with Crippen LogP contribution < -0.4 is 5.73 Å². The standard InChI is InChI=1S/C15H22N2O2/c1-10(2)7-11-3-5-12(6-4-11)14-8-13(14)9-17(19)15(16)18/h3-6,10,13-14,19H,7-9H2,1-2H3,(H2,16,18). The van der Waals surface area contributed by atoms with Crippen molar-refractivity contribution in [2.75, 3.05) is 6.54 Å². The van der Waals surface area contributed by atoms with Gasteiger partial charge < -0.3 is 5.73 Å². The number of benzene rings is 1. The lowest BCUT2D eigenvalue weighted by molar-refractivity contribution is -0.0431. The van der Waals surface area contributed by atoms with E-state index in [1.165, 1.54) is 11.1 Å². The molecule has 0 radical (unpaired) electrons. The van der Waals surface area contributed by atoms with Crippen molar-refractivity contribution in [3.8, 4) is 0 Å². The Morgan fingerprint density at radius 1 is 1.42 bits per heavy atom. The van der Waals surface area contributed by atoms with Crippen molar-refractivity contribution < 1.29 is 10.0 Å². The third kappa shape index (κ3) is 3.70. The molecule has 1 aromatic carbocycles. The van der Waals surface area contributed by atoms with E-state index < -0.39 is 6.03 Å². The van der Waals surface area contributed by atoms with Crippen molar-refractivity contribution in [1.82, 2.24) is 5.06 Å². The number of hydrogen-bond donors (Lipinski definition) is 2. The lowest BCUT2D eigenvalue weighted by Crippen LogP contribution is -2.34. The molecule has 0 bridgehead atoms. The predicted molar refractivity (Wildman–Crippen MR) is 73.9 cm³/mol. The van der Waals surface area contributed by atoms with Crippen LogP contribution in [0.2, 0.25) is 0 Å². The van der Waals surface area contributed by atoms with Crippen LogP contribution in [0, 0.1) is 11.8 Å². The van der Waals surface area contributed by atoms with Crippen molar-refractivity contribution in [2.24, 2.45) is 17.6 Å². The molecular weight excluding hydrogens is 240 g/mol. The van der Waals surface area contributed by atoms with Crippen LogP contribution in [0.1, 0.15) is 37.3 Å². The highest BCUT2D eigenvalue weighted by Crippen LogP contribution is 2.47. The Hall–Kier alpha value is -1.55. The summed E-state index contributed by atoms with van der Waals surface area (Å²) in [5.74, 6) is 1.44. The monoisotopic (exact) mass is 262 g/mol. The predicted octanol–water partition coefficient (Wildman–Crippen LogP) is 2.76. The average Bonchev–Trinajstić information content (AvgIpc) is 3.08. The zero-order valence-corrected chi connectivity index (χ0v) is 11.5. The van der Waals surface area contributed by atoms with Gasteiger partial charge in [0.1, 0.15) is 0 Å². The SMILES string of the molecule is CC(C)Cc1ccc(C2CC2CN(O)C(N)=O)cc1. The first-order valence-electron chi connectivity index (χ1n) is 6.82. The van der Waals surface area contributed by atoms with Crippen LogP contribution in [0.25, 0.3) is 0 Å². The molecule has 0 aromatic heterocycles. The Kier molecular flexibility index (Phi) is 4.10. The van der Waals surface area contributed by atoms with Gasteiger partial charge in [0.25, 0.3) is 0 Å². The fourth-order valence-electron chi connectivity index (χ4n) is 2.54. The Morgan fingerprint density at radius 3 is 2.58 bits per heavy atom. The summed E-state index contributed by atoms with van der Waals surface area (Å²) >= 11 is 0. The maximum absolute atomic E-state index is 10.8. The molecular formula is C15H22N2O2. The Labute approximate surface area is 114 Å². The second kappa shape index (κ2) is 5.61. The molecule has 2 atom stereocenters. The quantitative estimate of drug-likeness (QED) is 0.633. The van der Waals surface area contributed by atoms with Gasteiger partial charge in [0.05, 0.1) is 6.54 Å². The van der Waals surface area contributed by atoms with Crippen molar-refractivity contribution >= 4 is 6.03 Å². The summed E-state index contributed by atoms with van der Waals surface area (Å²) in [6, 6.07) is 7.89. The zero-order valence-electron chi connectivity index (χ0n) is 11.5. The van der Waals surface area contributed by atoms with Crippen LogP contribution in [0.15, 0.2) is 24.3 Å². The van der Waals surface area contributed by atoms with E-state index in [0.29, 0.717) is 29.4 Å².